The molecule has 0 atom stereocenters. The van der Waals surface area contributed by atoms with Crippen LogP contribution in [0, 0.1) is 13.8 Å². The predicted octanol–water partition coefficient (Wildman–Crippen LogP) is 4.06. The highest BCUT2D eigenvalue weighted by Gasteiger charge is 2.26. The van der Waals surface area contributed by atoms with E-state index in [1.807, 2.05) is 19.9 Å². The summed E-state index contributed by atoms with van der Waals surface area (Å²) in [5, 5.41) is 0.542. The van der Waals surface area contributed by atoms with Gasteiger partial charge in [-0.15, -0.1) is 0 Å². The minimum absolute atomic E-state index is 0.155. The molecular weight excluding hydrogens is 430 g/mol. The second-order valence-electron chi connectivity index (χ2n) is 7.55. The monoisotopic (exact) mass is 459 g/mol. The SMILES string of the molecule is CCN(CC)CCN(C(=O)CS(=O)(=O)c1ccccc1)c1nc2cc(C)c(C)cc2s1. The Hall–Kier alpha value is -2.29. The van der Waals surface area contributed by atoms with E-state index in [9.17, 15) is 13.2 Å². The molecule has 0 aliphatic rings. The summed E-state index contributed by atoms with van der Waals surface area (Å²) in [7, 11) is -3.73. The number of carbonyl (C=O) groups excluding carboxylic acids is 1. The Morgan fingerprint density at radius 3 is 2.29 bits per heavy atom. The molecule has 0 bridgehead atoms. The number of thiazole rings is 1. The predicted molar refractivity (Wildman–Crippen MR) is 128 cm³/mol. The van der Waals surface area contributed by atoms with E-state index in [1.54, 1.807) is 18.2 Å². The number of fused-ring (bicyclic) bond motifs is 1. The van der Waals surface area contributed by atoms with E-state index in [2.05, 4.69) is 29.8 Å². The lowest BCUT2D eigenvalue weighted by Gasteiger charge is -2.24. The fraction of sp³-hybridized carbons (Fsp3) is 0.391. The van der Waals surface area contributed by atoms with Crippen LogP contribution in [0.15, 0.2) is 47.4 Å². The molecule has 1 aromatic heterocycles. The van der Waals surface area contributed by atoms with Crippen LogP contribution in [-0.4, -0.2) is 56.1 Å². The van der Waals surface area contributed by atoms with Gasteiger partial charge in [-0.1, -0.05) is 43.4 Å². The molecule has 8 heteroatoms. The van der Waals surface area contributed by atoms with E-state index in [4.69, 9.17) is 0 Å². The standard InChI is InChI=1S/C23H29N3O3S2/c1-5-25(6-2)12-13-26(22(27)16-31(28,29)19-10-8-7-9-11-19)23-24-20-14-17(3)18(4)15-21(20)30-23/h7-11,14-15H,5-6,12-13,16H2,1-4H3. The molecule has 0 saturated carbocycles. The van der Waals surface area contributed by atoms with Gasteiger partial charge in [-0.2, -0.15) is 0 Å². The molecule has 6 nitrogen and oxygen atoms in total. The number of aryl methyl sites for hydroxylation is 2. The van der Waals surface area contributed by atoms with Crippen molar-refractivity contribution in [2.24, 2.45) is 0 Å². The van der Waals surface area contributed by atoms with Gasteiger partial charge in [0, 0.05) is 13.1 Å². The van der Waals surface area contributed by atoms with Gasteiger partial charge in [-0.3, -0.25) is 9.69 Å². The molecule has 0 fully saturated rings. The zero-order chi connectivity index (χ0) is 22.6. The summed E-state index contributed by atoms with van der Waals surface area (Å²) in [6, 6.07) is 12.2. The molecule has 0 unspecified atom stereocenters. The summed E-state index contributed by atoms with van der Waals surface area (Å²) in [4.78, 5) is 21.8. The molecule has 0 radical (unpaired) electrons. The summed E-state index contributed by atoms with van der Waals surface area (Å²) < 4.78 is 26.6. The van der Waals surface area contributed by atoms with Crippen molar-refractivity contribution in [3.05, 3.63) is 53.6 Å². The van der Waals surface area contributed by atoms with Gasteiger partial charge in [0.15, 0.2) is 15.0 Å². The maximum absolute atomic E-state index is 13.2. The molecule has 0 aliphatic carbocycles. The average molecular weight is 460 g/mol. The van der Waals surface area contributed by atoms with E-state index >= 15 is 0 Å². The van der Waals surface area contributed by atoms with Crippen molar-refractivity contribution in [2.45, 2.75) is 32.6 Å². The average Bonchev–Trinajstić information content (AvgIpc) is 3.14. The second-order valence-corrected chi connectivity index (χ2v) is 10.5. The van der Waals surface area contributed by atoms with E-state index in [0.29, 0.717) is 18.2 Å². The number of likely N-dealkylation sites (N-methyl/N-ethyl adjacent to an activating group) is 1. The van der Waals surface area contributed by atoms with Crippen molar-refractivity contribution >= 4 is 42.4 Å². The van der Waals surface area contributed by atoms with Crippen LogP contribution in [0.3, 0.4) is 0 Å². The molecule has 3 rings (SSSR count). The third-order valence-electron chi connectivity index (χ3n) is 5.47. The minimum Gasteiger partial charge on any atom is -0.302 e. The smallest absolute Gasteiger partial charge is 0.244 e. The number of anilines is 1. The quantitative estimate of drug-likeness (QED) is 0.483. The summed E-state index contributed by atoms with van der Waals surface area (Å²) in [5.74, 6) is -1.04. The van der Waals surface area contributed by atoms with E-state index in [0.717, 1.165) is 34.4 Å². The van der Waals surface area contributed by atoms with Crippen molar-refractivity contribution in [3.63, 3.8) is 0 Å². The summed E-state index contributed by atoms with van der Waals surface area (Å²) >= 11 is 1.43. The number of carbonyl (C=O) groups is 1. The van der Waals surface area contributed by atoms with Crippen LogP contribution in [0.25, 0.3) is 10.2 Å². The molecule has 0 spiro atoms. The Morgan fingerprint density at radius 1 is 1.00 bits per heavy atom. The Labute approximate surface area is 188 Å². The lowest BCUT2D eigenvalue weighted by Crippen LogP contribution is -2.41. The molecule has 0 aliphatic heterocycles. The van der Waals surface area contributed by atoms with Crippen LogP contribution in [0.2, 0.25) is 0 Å². The van der Waals surface area contributed by atoms with Crippen molar-refractivity contribution in [3.8, 4) is 0 Å². The number of hydrogen-bond donors (Lipinski definition) is 0. The van der Waals surface area contributed by atoms with Crippen LogP contribution >= 0.6 is 11.3 Å². The van der Waals surface area contributed by atoms with Crippen LogP contribution in [0.5, 0.6) is 0 Å². The fourth-order valence-corrected chi connectivity index (χ4v) is 5.65. The van der Waals surface area contributed by atoms with Gasteiger partial charge in [0.1, 0.15) is 5.75 Å². The first-order valence-corrected chi connectivity index (χ1v) is 12.9. The highest BCUT2D eigenvalue weighted by atomic mass is 32.2. The van der Waals surface area contributed by atoms with Gasteiger partial charge in [0.25, 0.3) is 0 Å². The molecular formula is C23H29N3O3S2. The first kappa shape index (κ1) is 23.4. The topological polar surface area (TPSA) is 70.6 Å². The Balaban J connectivity index is 1.93. The largest absolute Gasteiger partial charge is 0.302 e. The number of benzene rings is 2. The van der Waals surface area contributed by atoms with Crippen LogP contribution in [-0.2, 0) is 14.6 Å². The zero-order valence-corrected chi connectivity index (χ0v) is 20.1. The second kappa shape index (κ2) is 9.89. The molecule has 31 heavy (non-hydrogen) atoms. The molecule has 1 amide bonds. The van der Waals surface area contributed by atoms with Gasteiger partial charge >= 0.3 is 0 Å². The van der Waals surface area contributed by atoms with Crippen molar-refractivity contribution in [1.82, 2.24) is 9.88 Å². The Morgan fingerprint density at radius 2 is 1.65 bits per heavy atom. The maximum Gasteiger partial charge on any atom is 0.244 e. The zero-order valence-electron chi connectivity index (χ0n) is 18.5. The minimum atomic E-state index is -3.73. The number of nitrogens with zero attached hydrogens (tertiary/aromatic N) is 3. The molecule has 166 valence electrons. The molecule has 0 N–H and O–H groups in total. The van der Waals surface area contributed by atoms with Crippen LogP contribution in [0.4, 0.5) is 5.13 Å². The number of hydrogen-bond acceptors (Lipinski definition) is 6. The molecule has 3 aromatic rings. The van der Waals surface area contributed by atoms with Gasteiger partial charge in [0.05, 0.1) is 15.1 Å². The normalized spacial score (nSPS) is 11.9. The number of amides is 1. The van der Waals surface area contributed by atoms with E-state index in [-0.39, 0.29) is 4.90 Å². The van der Waals surface area contributed by atoms with Crippen LogP contribution in [0.1, 0.15) is 25.0 Å². The Kier molecular flexibility index (Phi) is 7.46. The van der Waals surface area contributed by atoms with Gasteiger partial charge in [0.2, 0.25) is 5.91 Å². The van der Waals surface area contributed by atoms with Crippen LogP contribution < -0.4 is 4.90 Å². The molecule has 1 heterocycles. The first-order chi connectivity index (χ1) is 14.7. The lowest BCUT2D eigenvalue weighted by molar-refractivity contribution is -0.116. The van der Waals surface area contributed by atoms with Crippen molar-refractivity contribution in [2.75, 3.05) is 36.8 Å². The summed E-state index contributed by atoms with van der Waals surface area (Å²) in [5.41, 5.74) is 3.13. The third kappa shape index (κ3) is 5.50. The maximum atomic E-state index is 13.2. The first-order valence-electron chi connectivity index (χ1n) is 10.4. The highest BCUT2D eigenvalue weighted by Crippen LogP contribution is 2.31. The third-order valence-corrected chi connectivity index (χ3v) is 8.13. The molecule has 2 aromatic carbocycles. The number of aromatic nitrogens is 1. The van der Waals surface area contributed by atoms with Crippen molar-refractivity contribution in [1.29, 1.82) is 0 Å². The highest BCUT2D eigenvalue weighted by molar-refractivity contribution is 7.92. The Bertz CT molecular complexity index is 1110. The number of rotatable bonds is 9. The fourth-order valence-electron chi connectivity index (χ4n) is 3.34. The summed E-state index contributed by atoms with van der Waals surface area (Å²) in [6.45, 7) is 11.0. The van der Waals surface area contributed by atoms with Gasteiger partial charge in [-0.25, -0.2) is 13.4 Å². The summed E-state index contributed by atoms with van der Waals surface area (Å²) in [6.07, 6.45) is 0. The lowest BCUT2D eigenvalue weighted by atomic mass is 10.1. The van der Waals surface area contributed by atoms with E-state index < -0.39 is 21.5 Å². The van der Waals surface area contributed by atoms with Gasteiger partial charge in [-0.05, 0) is 62.3 Å². The molecule has 0 saturated heterocycles. The van der Waals surface area contributed by atoms with Gasteiger partial charge < -0.3 is 4.90 Å². The van der Waals surface area contributed by atoms with E-state index in [1.165, 1.54) is 28.4 Å². The number of sulfone groups is 1. The van der Waals surface area contributed by atoms with Crippen molar-refractivity contribution < 1.29 is 13.2 Å².